The summed E-state index contributed by atoms with van der Waals surface area (Å²) in [6.45, 7) is 0.343. The zero-order valence-corrected chi connectivity index (χ0v) is 14.8. The Morgan fingerprint density at radius 2 is 2.17 bits per heavy atom. The van der Waals surface area contributed by atoms with E-state index < -0.39 is 15.9 Å². The lowest BCUT2D eigenvalue weighted by Gasteiger charge is -2.39. The maximum Gasteiger partial charge on any atom is 0.201 e. The molecule has 6 nitrogen and oxygen atoms in total. The maximum atomic E-state index is 12.4. The molecule has 1 unspecified atom stereocenters. The van der Waals surface area contributed by atoms with E-state index in [0.29, 0.717) is 18.2 Å². The number of rotatable bonds is 2. The lowest BCUT2D eigenvalue weighted by Crippen LogP contribution is -2.47. The molecule has 2 fully saturated rings. The van der Waals surface area contributed by atoms with Gasteiger partial charge in [0, 0.05) is 6.42 Å². The van der Waals surface area contributed by atoms with Crippen molar-refractivity contribution in [1.82, 2.24) is 4.72 Å². The van der Waals surface area contributed by atoms with Gasteiger partial charge in [-0.2, -0.15) is 4.72 Å². The van der Waals surface area contributed by atoms with Gasteiger partial charge in [0.1, 0.15) is 28.0 Å². The Kier molecular flexibility index (Phi) is 3.83. The molecular weight excluding hydrogens is 348 g/mol. The molecule has 0 radical (unpaired) electrons. The molecule has 4 rings (SSSR count). The first-order chi connectivity index (χ1) is 11.4. The molecule has 0 aromatic heterocycles. The van der Waals surface area contributed by atoms with E-state index in [1.54, 1.807) is 0 Å². The highest BCUT2D eigenvalue weighted by Crippen LogP contribution is 2.54. The quantitative estimate of drug-likeness (QED) is 0.805. The van der Waals surface area contributed by atoms with E-state index >= 15 is 0 Å². The van der Waals surface area contributed by atoms with Crippen molar-refractivity contribution < 1.29 is 18.3 Å². The van der Waals surface area contributed by atoms with Crippen LogP contribution < -0.4 is 4.72 Å². The fourth-order valence-corrected chi connectivity index (χ4v) is 6.04. The minimum Gasteiger partial charge on any atom is -0.593 e. The number of hydrogen-bond acceptors (Lipinski definition) is 6. The Balaban J connectivity index is 1.60. The van der Waals surface area contributed by atoms with E-state index in [2.05, 4.69) is 9.71 Å². The summed E-state index contributed by atoms with van der Waals surface area (Å²) >= 11 is 1.22. The molecule has 24 heavy (non-hydrogen) atoms. The third kappa shape index (κ3) is 2.71. The fraction of sp³-hybridized carbons (Fsp3) is 0.500. The average molecular weight is 366 g/mol. The standard InChI is InChI=1S/C16H18N2O4S2/c1-24(20,21)18-15-17-16-9-22-13(10-5-3-2-4-6-10)8-11(16)7-12(19)14(16)23-15/h2-6,11,13-14H,7-9H2,1H3,(H-,17,18,20,21)/t11-,13-,14+,16-/m0/s1. The number of carbonyl (C=O) groups excluding carboxylic acids is 1. The minimum absolute atomic E-state index is 0.0412. The number of ketones is 1. The zero-order valence-electron chi connectivity index (χ0n) is 13.1. The predicted octanol–water partition coefficient (Wildman–Crippen LogP) is 1.71. The van der Waals surface area contributed by atoms with Crippen molar-refractivity contribution in [3.05, 3.63) is 35.9 Å². The van der Waals surface area contributed by atoms with Crippen LogP contribution in [-0.2, 0) is 24.1 Å². The minimum atomic E-state index is -3.40. The average Bonchev–Trinajstić information content (AvgIpc) is 2.99. The predicted molar refractivity (Wildman–Crippen MR) is 92.3 cm³/mol. The van der Waals surface area contributed by atoms with Gasteiger partial charge in [0.25, 0.3) is 0 Å². The summed E-state index contributed by atoms with van der Waals surface area (Å²) in [5, 5.41) is -0.0363. The normalized spacial score (nSPS) is 37.3. The van der Waals surface area contributed by atoms with Gasteiger partial charge in [-0.15, -0.1) is 0 Å². The molecule has 2 heterocycles. The van der Waals surface area contributed by atoms with Crippen LogP contribution in [-0.4, -0.2) is 39.2 Å². The molecule has 0 bridgehead atoms. The van der Waals surface area contributed by atoms with Crippen LogP contribution in [0.5, 0.6) is 0 Å². The summed E-state index contributed by atoms with van der Waals surface area (Å²) in [4.78, 5) is 17.1. The van der Waals surface area contributed by atoms with Crippen LogP contribution in [0.15, 0.2) is 35.3 Å². The number of thioether (sulfide) groups is 1. The van der Waals surface area contributed by atoms with Crippen molar-refractivity contribution in [1.29, 1.82) is 0 Å². The fourth-order valence-electron chi connectivity index (χ4n) is 3.84. The molecule has 1 N–H and O–H groups in total. The number of sulfonamides is 1. The highest BCUT2D eigenvalue weighted by Gasteiger charge is 2.62. The summed E-state index contributed by atoms with van der Waals surface area (Å²) in [5.74, 6) is 0.219. The van der Waals surface area contributed by atoms with E-state index in [1.165, 1.54) is 11.8 Å². The molecule has 1 spiro atoms. The highest BCUT2D eigenvalue weighted by molar-refractivity contribution is 8.16. The maximum absolute atomic E-state index is 12.4. The summed E-state index contributed by atoms with van der Waals surface area (Å²) in [5.41, 5.74) is 0.479. The van der Waals surface area contributed by atoms with Gasteiger partial charge in [-0.1, -0.05) is 46.3 Å². The molecule has 3 aliphatic rings. The summed E-state index contributed by atoms with van der Waals surface area (Å²) < 4.78 is 31.4. The lowest BCUT2D eigenvalue weighted by atomic mass is 9.80. The molecule has 1 saturated heterocycles. The van der Waals surface area contributed by atoms with Crippen LogP contribution in [0.25, 0.3) is 0 Å². The number of amidine groups is 1. The van der Waals surface area contributed by atoms with E-state index in [-0.39, 0.29) is 23.1 Å². The summed E-state index contributed by atoms with van der Waals surface area (Å²) in [6.07, 6.45) is 2.26. The second kappa shape index (κ2) is 5.66. The molecule has 1 aromatic carbocycles. The van der Waals surface area contributed by atoms with Crippen LogP contribution in [0, 0.1) is 5.92 Å². The monoisotopic (exact) mass is 366 g/mol. The molecule has 1 aromatic rings. The number of benzene rings is 1. The molecule has 8 heteroatoms. The molecular formula is C16H18N2O4S2. The SMILES string of the molecule is C[S+](=O)([O-])NC1=N[C@@]23CO[C@H](c4ccccc4)C[C@@H]2CC(=O)[C@H]3S1. The van der Waals surface area contributed by atoms with Crippen molar-refractivity contribution in [2.75, 3.05) is 12.9 Å². The Labute approximate surface area is 145 Å². The van der Waals surface area contributed by atoms with Crippen molar-refractivity contribution in [2.45, 2.75) is 29.7 Å². The van der Waals surface area contributed by atoms with Crippen LogP contribution in [0.4, 0.5) is 0 Å². The number of carbonyl (C=O) groups is 1. The Morgan fingerprint density at radius 3 is 2.88 bits per heavy atom. The van der Waals surface area contributed by atoms with Gasteiger partial charge < -0.3 is 9.29 Å². The number of aliphatic imine (C=N–C) groups is 1. The first kappa shape index (κ1) is 16.3. The highest BCUT2D eigenvalue weighted by atomic mass is 32.3. The topological polar surface area (TPSA) is 90.8 Å². The van der Waals surface area contributed by atoms with E-state index in [0.717, 1.165) is 18.2 Å². The zero-order chi connectivity index (χ0) is 16.9. The second-order valence-electron chi connectivity index (χ2n) is 6.59. The number of hydrogen-bond donors (Lipinski definition) is 1. The van der Waals surface area contributed by atoms with E-state index in [4.69, 9.17) is 4.74 Å². The first-order valence-electron chi connectivity index (χ1n) is 7.81. The second-order valence-corrected chi connectivity index (χ2v) is 9.44. The van der Waals surface area contributed by atoms with E-state index in [1.807, 2.05) is 30.3 Å². The largest absolute Gasteiger partial charge is 0.593 e. The number of nitrogens with one attached hydrogen (secondary N) is 1. The van der Waals surface area contributed by atoms with Gasteiger partial charge >= 0.3 is 0 Å². The first-order valence-corrected chi connectivity index (χ1v) is 10.6. The summed E-state index contributed by atoms with van der Waals surface area (Å²) in [7, 11) is -3.40. The van der Waals surface area contributed by atoms with Gasteiger partial charge in [-0.05, 0) is 17.9 Å². The van der Waals surface area contributed by atoms with Crippen molar-refractivity contribution in [3.8, 4) is 0 Å². The summed E-state index contributed by atoms with van der Waals surface area (Å²) in [6, 6.07) is 9.97. The Bertz CT molecular complexity index is 748. The molecule has 1 saturated carbocycles. The van der Waals surface area contributed by atoms with Crippen LogP contribution >= 0.6 is 11.8 Å². The molecule has 1 aliphatic carbocycles. The molecule has 2 aliphatic heterocycles. The van der Waals surface area contributed by atoms with Crippen LogP contribution in [0.2, 0.25) is 0 Å². The smallest absolute Gasteiger partial charge is 0.201 e. The molecule has 0 amide bonds. The van der Waals surface area contributed by atoms with Gasteiger partial charge in [0.2, 0.25) is 5.17 Å². The number of Topliss-reactive ketones (excluding diaryl/α,β-unsaturated/α-hetero) is 1. The van der Waals surface area contributed by atoms with Crippen molar-refractivity contribution >= 4 is 33.1 Å². The van der Waals surface area contributed by atoms with Crippen LogP contribution in [0.3, 0.4) is 0 Å². The molecule has 5 atom stereocenters. The third-order valence-electron chi connectivity index (χ3n) is 4.90. The van der Waals surface area contributed by atoms with E-state index in [9.17, 15) is 13.6 Å². The Morgan fingerprint density at radius 1 is 1.42 bits per heavy atom. The Hall–Kier alpha value is -1.22. The van der Waals surface area contributed by atoms with Crippen molar-refractivity contribution in [2.24, 2.45) is 10.9 Å². The van der Waals surface area contributed by atoms with Crippen molar-refractivity contribution in [3.63, 3.8) is 0 Å². The van der Waals surface area contributed by atoms with Gasteiger partial charge in [-0.3, -0.25) is 4.79 Å². The molecule has 128 valence electrons. The lowest BCUT2D eigenvalue weighted by molar-refractivity contribution is -0.117. The number of nitrogens with zero attached hydrogens (tertiary/aromatic N) is 1. The van der Waals surface area contributed by atoms with Gasteiger partial charge in [-0.25, -0.2) is 4.99 Å². The van der Waals surface area contributed by atoms with Crippen LogP contribution in [0.1, 0.15) is 24.5 Å². The number of ether oxygens (including phenoxy) is 1. The van der Waals surface area contributed by atoms with Gasteiger partial charge in [0.15, 0.2) is 0 Å². The van der Waals surface area contributed by atoms with Gasteiger partial charge in [0.05, 0.1) is 18.0 Å². The third-order valence-corrected chi connectivity index (χ3v) is 6.92.